The maximum Gasteiger partial charge on any atom is 0.407 e. The van der Waals surface area contributed by atoms with Crippen LogP contribution < -0.4 is 26.3 Å². The van der Waals surface area contributed by atoms with Crippen molar-refractivity contribution in [3.63, 3.8) is 0 Å². The highest BCUT2D eigenvalue weighted by Crippen LogP contribution is 2.41. The molecule has 3 saturated heterocycles. The van der Waals surface area contributed by atoms with Crippen molar-refractivity contribution in [3.05, 3.63) is 94.9 Å². The smallest absolute Gasteiger partial charge is 0.407 e. The van der Waals surface area contributed by atoms with E-state index in [0.29, 0.717) is 54.6 Å². The summed E-state index contributed by atoms with van der Waals surface area (Å²) in [4.78, 5) is 66.2. The molecule has 0 spiro atoms. The number of nitrogens with one attached hydrogen (secondary N) is 4. The number of nitrogens with zero attached hydrogens (tertiary/aromatic N) is 7. The van der Waals surface area contributed by atoms with Gasteiger partial charge in [0.05, 0.1) is 55.2 Å². The third-order valence-electron chi connectivity index (χ3n) is 14.0. The van der Waals surface area contributed by atoms with Crippen LogP contribution in [0.3, 0.4) is 0 Å². The van der Waals surface area contributed by atoms with Gasteiger partial charge in [0.2, 0.25) is 11.9 Å². The first-order valence-corrected chi connectivity index (χ1v) is 25.0. The molecule has 0 saturated carbocycles. The zero-order valence-electron chi connectivity index (χ0n) is 43.6. The molecule has 3 fully saturated rings. The van der Waals surface area contributed by atoms with Crippen LogP contribution in [0.4, 0.5) is 46.3 Å². The van der Waals surface area contributed by atoms with Gasteiger partial charge in [-0.1, -0.05) is 44.7 Å². The molecule has 5 heterocycles. The molecule has 6 atom stereocenters. The average molecular weight is 1100 g/mol. The predicted molar refractivity (Wildman–Crippen MR) is 267 cm³/mol. The molecule has 0 radical (unpaired) electrons. The normalized spacial score (nSPS) is 18.5. The number of benzene rings is 2. The molecule has 4 aromatic rings. The Balaban J connectivity index is 1.15. The number of hydrazine groups is 1. The second-order valence-electron chi connectivity index (χ2n) is 21.2. The average Bonchev–Trinajstić information content (AvgIpc) is 3.92. The molecular formula is C52H62F7N11O8. The lowest BCUT2D eigenvalue weighted by atomic mass is 9.82. The van der Waals surface area contributed by atoms with Gasteiger partial charge < -0.3 is 40.5 Å². The molecule has 4 amide bonds. The number of halogens is 7. The number of anilines is 1. The van der Waals surface area contributed by atoms with Gasteiger partial charge in [0.25, 0.3) is 12.3 Å². The quantitative estimate of drug-likeness (QED) is 0.0401. The van der Waals surface area contributed by atoms with Gasteiger partial charge in [-0.25, -0.2) is 42.1 Å². The van der Waals surface area contributed by atoms with Crippen LogP contribution in [0.1, 0.15) is 69.7 Å². The van der Waals surface area contributed by atoms with Crippen molar-refractivity contribution < 1.29 is 69.6 Å². The summed E-state index contributed by atoms with van der Waals surface area (Å²) in [6.45, 7) is 6.46. The van der Waals surface area contributed by atoms with E-state index in [4.69, 9.17) is 4.74 Å². The maximum atomic E-state index is 16.1. The summed E-state index contributed by atoms with van der Waals surface area (Å²) in [5.41, 5.74) is -1.21. The van der Waals surface area contributed by atoms with Gasteiger partial charge in [0.1, 0.15) is 30.3 Å². The Hall–Kier alpha value is -7.08. The lowest BCUT2D eigenvalue weighted by molar-refractivity contribution is -0.220. The Morgan fingerprint density at radius 1 is 0.859 bits per heavy atom. The Bertz CT molecular complexity index is 2800. The molecule has 26 heteroatoms. The Morgan fingerprint density at radius 2 is 1.47 bits per heavy atom. The first-order valence-electron chi connectivity index (χ1n) is 25.0. The SMILES string of the molecule is COC(=O)NC(C(=O)NC(Cc1ccc(C#Cc2cnc(N3CC4CCC(C3)N4C3COC3)nc2)cc1)C(O)CN(Cc1c(F)cc(-c2ccn(CC(F)F)n2)cc1F)NC(=O)C(NC(=O)O)C(C)(C)C)C(C)(C)C(F)(F)F. The third kappa shape index (κ3) is 14.3. The highest BCUT2D eigenvalue weighted by molar-refractivity contribution is 5.87. The summed E-state index contributed by atoms with van der Waals surface area (Å²) in [5, 5.41) is 32.9. The minimum Gasteiger partial charge on any atom is -0.465 e. The van der Waals surface area contributed by atoms with Crippen molar-refractivity contribution in [3.8, 4) is 23.1 Å². The monoisotopic (exact) mass is 1100 g/mol. The zero-order valence-corrected chi connectivity index (χ0v) is 43.6. The molecule has 3 aliphatic heterocycles. The summed E-state index contributed by atoms with van der Waals surface area (Å²) in [7, 11) is 0.871. The van der Waals surface area contributed by atoms with Gasteiger partial charge in [0.15, 0.2) is 0 Å². The highest BCUT2D eigenvalue weighted by Gasteiger charge is 2.56. The van der Waals surface area contributed by atoms with E-state index in [1.165, 1.54) is 33.0 Å². The van der Waals surface area contributed by atoms with Gasteiger partial charge in [-0.05, 0) is 74.4 Å². The summed E-state index contributed by atoms with van der Waals surface area (Å²) in [6.07, 6.45) is -6.51. The molecule has 7 rings (SSSR count). The van der Waals surface area contributed by atoms with E-state index in [9.17, 15) is 51.3 Å². The largest absolute Gasteiger partial charge is 0.465 e. The number of aliphatic hydroxyl groups is 1. The summed E-state index contributed by atoms with van der Waals surface area (Å²) < 4.78 is 113. The summed E-state index contributed by atoms with van der Waals surface area (Å²) in [5.74, 6) is 1.71. The minimum absolute atomic E-state index is 0.0630. The van der Waals surface area contributed by atoms with Crippen molar-refractivity contribution in [2.24, 2.45) is 10.8 Å². The van der Waals surface area contributed by atoms with Gasteiger partial charge in [0, 0.05) is 73.5 Å². The number of alkyl carbamates (subject to hydrolysis) is 1. The van der Waals surface area contributed by atoms with Gasteiger partial charge in [-0.2, -0.15) is 18.3 Å². The second-order valence-corrected chi connectivity index (χ2v) is 21.2. The minimum atomic E-state index is -5.10. The third-order valence-corrected chi connectivity index (χ3v) is 14.0. The number of fused-ring (bicyclic) bond motifs is 2. The molecule has 3 aliphatic rings. The van der Waals surface area contributed by atoms with Crippen molar-refractivity contribution in [1.29, 1.82) is 0 Å². The molecule has 6 N–H and O–H groups in total. The topological polar surface area (TPSA) is 229 Å². The number of aromatic nitrogens is 4. The first kappa shape index (κ1) is 58.6. The number of amides is 4. The Morgan fingerprint density at radius 3 is 2.01 bits per heavy atom. The van der Waals surface area contributed by atoms with Crippen molar-refractivity contribution >= 4 is 29.9 Å². The molecule has 0 aliphatic carbocycles. The molecule has 2 aromatic heterocycles. The maximum absolute atomic E-state index is 16.1. The number of rotatable bonds is 19. The molecule has 19 nitrogen and oxygen atoms in total. The first-order chi connectivity index (χ1) is 36.7. The number of aliphatic hydroxyl groups excluding tert-OH is 1. The van der Waals surface area contributed by atoms with Crippen LogP contribution in [-0.2, 0) is 38.6 Å². The van der Waals surface area contributed by atoms with Crippen LogP contribution >= 0.6 is 0 Å². The van der Waals surface area contributed by atoms with E-state index in [-0.39, 0.29) is 17.7 Å². The number of methoxy groups -OCH3 is 1. The van der Waals surface area contributed by atoms with Gasteiger partial charge in [-0.15, -0.1) is 0 Å². The van der Waals surface area contributed by atoms with E-state index in [1.807, 2.05) is 5.32 Å². The number of carbonyl (C=O) groups is 4. The van der Waals surface area contributed by atoms with Crippen molar-refractivity contribution in [2.45, 2.75) is 122 Å². The van der Waals surface area contributed by atoms with E-state index in [2.05, 4.69) is 57.5 Å². The van der Waals surface area contributed by atoms with Crippen LogP contribution in [0.25, 0.3) is 11.3 Å². The number of piperazine rings is 1. The van der Waals surface area contributed by atoms with Crippen molar-refractivity contribution in [1.82, 2.24) is 51.0 Å². The zero-order chi connectivity index (χ0) is 56.9. The number of alkyl halides is 5. The van der Waals surface area contributed by atoms with E-state index < -0.39 is 108 Å². The molecule has 6 unspecified atom stereocenters. The Labute approximate surface area is 445 Å². The summed E-state index contributed by atoms with van der Waals surface area (Å²) in [6, 6.07) is 5.07. The Kier molecular flexibility index (Phi) is 18.3. The van der Waals surface area contributed by atoms with E-state index in [0.717, 1.165) is 68.1 Å². The highest BCUT2D eigenvalue weighted by atomic mass is 19.4. The second kappa shape index (κ2) is 24.3. The summed E-state index contributed by atoms with van der Waals surface area (Å²) >= 11 is 0. The standard InChI is InChI=1S/C52H62F7N11O8/c1-50(2,3)43(63-48(74)75)46(73)66-69(24-36-37(53)18-32(19-38(36)54)39-15-16-68(65-39)26-42(55)56)25-41(71)40(62-45(72)44(64-49(76)77-6)51(4,5)52(57,58)59)17-30-10-7-29(8-11-30)9-12-31-20-60-47(61-21-31)67-22-33-13-14-34(23-67)70(33)35-27-78-28-35/h7-8,10-11,15-16,18-21,33-35,40-44,63,71H,13-14,17,22-28H2,1-6H3,(H,62,72)(H,64,76)(H,66,73)(H,74,75). The number of carbonyl (C=O) groups excluding carboxylic acids is 3. The fourth-order valence-corrected chi connectivity index (χ4v) is 9.60. The van der Waals surface area contributed by atoms with Crippen LogP contribution in [0, 0.1) is 34.3 Å². The number of ether oxygens (including phenoxy) is 2. The van der Waals surface area contributed by atoms with Crippen LogP contribution in [-0.4, -0.2) is 159 Å². The molecule has 422 valence electrons. The van der Waals surface area contributed by atoms with Crippen LogP contribution in [0.2, 0.25) is 0 Å². The number of hydrogen-bond donors (Lipinski definition) is 6. The van der Waals surface area contributed by atoms with Crippen LogP contribution in [0.15, 0.2) is 61.1 Å². The van der Waals surface area contributed by atoms with Crippen LogP contribution in [0.5, 0.6) is 0 Å². The lowest BCUT2D eigenvalue weighted by Gasteiger charge is -2.47. The number of hydrogen-bond acceptors (Lipinski definition) is 13. The molecule has 2 aromatic carbocycles. The molecule has 2 bridgehead atoms. The van der Waals surface area contributed by atoms with Gasteiger partial charge in [-0.3, -0.25) is 24.6 Å². The molecular weight excluding hydrogens is 1040 g/mol. The van der Waals surface area contributed by atoms with E-state index in [1.54, 1.807) is 36.7 Å². The van der Waals surface area contributed by atoms with Gasteiger partial charge >= 0.3 is 18.4 Å². The fraction of sp³-hybridized carbons (Fsp3) is 0.519. The van der Waals surface area contributed by atoms with E-state index >= 15 is 8.78 Å². The predicted octanol–water partition coefficient (Wildman–Crippen LogP) is 5.25. The lowest BCUT2D eigenvalue weighted by Crippen LogP contribution is -2.63. The number of carboxylic acid groups (broad SMARTS) is 1. The molecule has 78 heavy (non-hydrogen) atoms. The van der Waals surface area contributed by atoms with Crippen molar-refractivity contribution in [2.75, 3.05) is 44.9 Å². The fourth-order valence-electron chi connectivity index (χ4n) is 9.60.